The summed E-state index contributed by atoms with van der Waals surface area (Å²) in [6.45, 7) is 16.5. The summed E-state index contributed by atoms with van der Waals surface area (Å²) in [6, 6.07) is 0. The summed E-state index contributed by atoms with van der Waals surface area (Å²) in [7, 11) is 0. The van der Waals surface area contributed by atoms with Gasteiger partial charge in [0.1, 0.15) is 0 Å². The number of fused-ring (bicyclic) bond motifs is 7. The highest BCUT2D eigenvalue weighted by atomic mass is 16.4. The van der Waals surface area contributed by atoms with Crippen LogP contribution in [0.15, 0.2) is 0 Å². The van der Waals surface area contributed by atoms with Gasteiger partial charge in [-0.1, -0.05) is 48.5 Å². The predicted octanol–water partition coefficient (Wildman–Crippen LogP) is 6.28. The van der Waals surface area contributed by atoms with Crippen LogP contribution in [0.2, 0.25) is 0 Å². The number of aliphatic hydroxyl groups is 2. The van der Waals surface area contributed by atoms with E-state index in [0.717, 1.165) is 57.8 Å². The highest BCUT2D eigenvalue weighted by Gasteiger charge is 2.71. The van der Waals surface area contributed by atoms with E-state index >= 15 is 0 Å². The van der Waals surface area contributed by atoms with Gasteiger partial charge >= 0.3 is 5.97 Å². The fourth-order valence-corrected chi connectivity index (χ4v) is 11.6. The van der Waals surface area contributed by atoms with Gasteiger partial charge in [0.05, 0.1) is 17.6 Å². The van der Waals surface area contributed by atoms with Gasteiger partial charge in [-0.25, -0.2) is 0 Å². The van der Waals surface area contributed by atoms with Gasteiger partial charge in [0.15, 0.2) is 0 Å². The predicted molar refractivity (Wildman–Crippen MR) is 134 cm³/mol. The minimum atomic E-state index is -0.658. The average Bonchev–Trinajstić information content (AvgIpc) is 2.72. The van der Waals surface area contributed by atoms with Crippen LogP contribution in [0.3, 0.4) is 0 Å². The van der Waals surface area contributed by atoms with E-state index in [0.29, 0.717) is 24.2 Å². The van der Waals surface area contributed by atoms with Crippen molar-refractivity contribution in [2.45, 2.75) is 125 Å². The molecule has 5 aliphatic carbocycles. The van der Waals surface area contributed by atoms with Crippen molar-refractivity contribution in [2.75, 3.05) is 0 Å². The summed E-state index contributed by atoms with van der Waals surface area (Å²) in [6.07, 6.45) is 8.63. The Morgan fingerprint density at radius 2 is 1.35 bits per heavy atom. The third-order valence-corrected chi connectivity index (χ3v) is 13.6. The number of hydrogen-bond donors (Lipinski definition) is 3. The van der Waals surface area contributed by atoms with Gasteiger partial charge in [0.2, 0.25) is 0 Å². The van der Waals surface area contributed by atoms with E-state index < -0.39 is 23.6 Å². The molecule has 0 aromatic carbocycles. The summed E-state index contributed by atoms with van der Waals surface area (Å²) in [5.74, 6) is 1.11. The Morgan fingerprint density at radius 3 is 2.00 bits per heavy atom. The van der Waals surface area contributed by atoms with E-state index in [4.69, 9.17) is 0 Å². The quantitative estimate of drug-likeness (QED) is 0.418. The number of carbonyl (C=O) groups is 1. The average molecular weight is 475 g/mol. The highest BCUT2D eigenvalue weighted by molar-refractivity contribution is 5.75. The summed E-state index contributed by atoms with van der Waals surface area (Å²) in [5, 5.41) is 32.4. The van der Waals surface area contributed by atoms with Crippen LogP contribution >= 0.6 is 0 Å². The number of aliphatic carboxylic acids is 1. The fraction of sp³-hybridized carbons (Fsp3) is 0.967. The Bertz CT molecular complexity index is 864. The van der Waals surface area contributed by atoms with E-state index in [1.165, 1.54) is 0 Å². The third kappa shape index (κ3) is 2.93. The molecule has 3 N–H and O–H groups in total. The number of hydrogen-bond acceptors (Lipinski definition) is 3. The van der Waals surface area contributed by atoms with Gasteiger partial charge in [-0.2, -0.15) is 0 Å². The first-order valence-electron chi connectivity index (χ1n) is 14.1. The lowest BCUT2D eigenvalue weighted by molar-refractivity contribution is -0.268. The maximum Gasteiger partial charge on any atom is 0.309 e. The lowest BCUT2D eigenvalue weighted by atomic mass is 9.31. The van der Waals surface area contributed by atoms with Gasteiger partial charge in [-0.05, 0) is 115 Å². The fourth-order valence-electron chi connectivity index (χ4n) is 11.6. The largest absolute Gasteiger partial charge is 0.481 e. The maximum atomic E-state index is 12.8. The van der Waals surface area contributed by atoms with Crippen molar-refractivity contribution in [2.24, 2.45) is 56.2 Å². The monoisotopic (exact) mass is 474 g/mol. The molecule has 0 bridgehead atoms. The summed E-state index contributed by atoms with van der Waals surface area (Å²) in [4.78, 5) is 12.8. The first-order valence-corrected chi connectivity index (χ1v) is 14.1. The van der Waals surface area contributed by atoms with E-state index in [1.54, 1.807) is 0 Å². The zero-order valence-corrected chi connectivity index (χ0v) is 22.8. The molecule has 5 rings (SSSR count). The van der Waals surface area contributed by atoms with Crippen LogP contribution in [0.25, 0.3) is 0 Å². The van der Waals surface area contributed by atoms with Crippen molar-refractivity contribution in [1.82, 2.24) is 0 Å². The van der Waals surface area contributed by atoms with Crippen LogP contribution < -0.4 is 0 Å². The molecule has 1 unspecified atom stereocenters. The molecule has 5 aliphatic rings. The van der Waals surface area contributed by atoms with Gasteiger partial charge in [-0.3, -0.25) is 4.79 Å². The molecule has 0 saturated heterocycles. The lowest BCUT2D eigenvalue weighted by Gasteiger charge is -2.73. The molecule has 4 heteroatoms. The zero-order chi connectivity index (χ0) is 25.1. The molecule has 10 atom stereocenters. The number of aliphatic hydroxyl groups excluding tert-OH is 2. The maximum absolute atomic E-state index is 12.8. The molecule has 0 aromatic heterocycles. The van der Waals surface area contributed by atoms with Gasteiger partial charge in [0, 0.05) is 0 Å². The van der Waals surface area contributed by atoms with Crippen LogP contribution in [-0.4, -0.2) is 33.5 Å². The molecule has 0 spiro atoms. The number of rotatable bonds is 1. The molecule has 0 heterocycles. The Kier molecular flexibility index (Phi) is 5.34. The van der Waals surface area contributed by atoms with Crippen LogP contribution in [0.4, 0.5) is 0 Å². The molecular formula is C30H50O4. The van der Waals surface area contributed by atoms with Gasteiger partial charge in [-0.15, -0.1) is 0 Å². The topological polar surface area (TPSA) is 77.8 Å². The zero-order valence-electron chi connectivity index (χ0n) is 22.8. The van der Waals surface area contributed by atoms with Crippen molar-refractivity contribution < 1.29 is 20.1 Å². The van der Waals surface area contributed by atoms with Crippen LogP contribution in [0, 0.1) is 56.2 Å². The van der Waals surface area contributed by atoms with E-state index in [9.17, 15) is 20.1 Å². The second kappa shape index (κ2) is 7.24. The van der Waals surface area contributed by atoms with Crippen molar-refractivity contribution in [3.05, 3.63) is 0 Å². The molecule has 0 amide bonds. The molecule has 5 saturated carbocycles. The van der Waals surface area contributed by atoms with Crippen molar-refractivity contribution in [3.63, 3.8) is 0 Å². The summed E-state index contributed by atoms with van der Waals surface area (Å²) < 4.78 is 0. The third-order valence-electron chi connectivity index (χ3n) is 13.6. The Balaban J connectivity index is 1.55. The molecule has 4 nitrogen and oxygen atoms in total. The van der Waals surface area contributed by atoms with E-state index in [1.807, 2.05) is 0 Å². The molecule has 0 aromatic rings. The van der Waals surface area contributed by atoms with Gasteiger partial charge in [0.25, 0.3) is 0 Å². The number of carboxylic acid groups (broad SMARTS) is 1. The Labute approximate surface area is 207 Å². The lowest BCUT2D eigenvalue weighted by Crippen LogP contribution is -2.69. The van der Waals surface area contributed by atoms with Crippen molar-refractivity contribution in [1.29, 1.82) is 0 Å². The summed E-state index contributed by atoms with van der Waals surface area (Å²) in [5.41, 5.74) is -0.314. The minimum Gasteiger partial charge on any atom is -0.481 e. The molecule has 5 fully saturated rings. The van der Waals surface area contributed by atoms with Crippen molar-refractivity contribution in [3.8, 4) is 0 Å². The highest BCUT2D eigenvalue weighted by Crippen LogP contribution is 2.77. The Morgan fingerprint density at radius 1 is 0.706 bits per heavy atom. The second-order valence-electron chi connectivity index (χ2n) is 15.6. The second-order valence-corrected chi connectivity index (χ2v) is 15.6. The van der Waals surface area contributed by atoms with Crippen LogP contribution in [0.1, 0.15) is 113 Å². The smallest absolute Gasteiger partial charge is 0.309 e. The van der Waals surface area contributed by atoms with E-state index in [-0.39, 0.29) is 33.0 Å². The van der Waals surface area contributed by atoms with Crippen LogP contribution in [0.5, 0.6) is 0 Å². The molecule has 34 heavy (non-hydrogen) atoms. The van der Waals surface area contributed by atoms with E-state index in [2.05, 4.69) is 48.5 Å². The normalized spacial score (nSPS) is 55.8. The first kappa shape index (κ1) is 25.1. The first-order chi connectivity index (χ1) is 15.6. The standard InChI is InChI=1S/C30H50O4/c1-25(2)12-14-30(24(33)34)15-13-28(6)18(19(30)16-25)8-9-22-27(5)17-20(31)23(32)26(3,4)21(27)10-11-29(22,28)7/h18-23,31-32H,8-17H2,1-7H3,(H,33,34)/t18?,19-,20-,21-,22+,23-,27-,28+,29+,30-/m0/s1. The molecule has 194 valence electrons. The molecule has 0 aliphatic heterocycles. The van der Waals surface area contributed by atoms with Crippen molar-refractivity contribution >= 4 is 5.97 Å². The van der Waals surface area contributed by atoms with Crippen LogP contribution in [-0.2, 0) is 4.79 Å². The number of carboxylic acids is 1. The van der Waals surface area contributed by atoms with Gasteiger partial charge < -0.3 is 15.3 Å². The minimum absolute atomic E-state index is 0.0102. The molecule has 0 radical (unpaired) electrons. The summed E-state index contributed by atoms with van der Waals surface area (Å²) >= 11 is 0. The Hall–Kier alpha value is -0.610. The SMILES string of the molecule is CC1(C)CC[C@]2(C(=O)O)CC[C@]3(C)C(CC[C@@H]4[C@@]5(C)C[C@H](O)[C@H](O)C(C)(C)[C@@H]5CC[C@]43C)[C@@H]2C1. The molecular weight excluding hydrogens is 424 g/mol.